The van der Waals surface area contributed by atoms with E-state index in [-0.39, 0.29) is 5.82 Å². The summed E-state index contributed by atoms with van der Waals surface area (Å²) in [5, 5.41) is 10.1. The molecule has 0 amide bonds. The summed E-state index contributed by atoms with van der Waals surface area (Å²) in [5.74, 6) is -0.323. The van der Waals surface area contributed by atoms with E-state index in [0.717, 1.165) is 12.8 Å². The Kier molecular flexibility index (Phi) is 3.69. The molecule has 106 valence electrons. The summed E-state index contributed by atoms with van der Waals surface area (Å²) in [6.07, 6.45) is 2.75. The average Bonchev–Trinajstić information content (AvgIpc) is 2.50. The van der Waals surface area contributed by atoms with Crippen LogP contribution >= 0.6 is 11.6 Å². The van der Waals surface area contributed by atoms with Crippen molar-refractivity contribution in [3.63, 3.8) is 0 Å². The maximum atomic E-state index is 14.0. The van der Waals surface area contributed by atoms with Gasteiger partial charge in [0.25, 0.3) is 0 Å². The van der Waals surface area contributed by atoms with E-state index in [2.05, 4.69) is 18.2 Å². The molecule has 0 saturated carbocycles. The second-order valence-corrected chi connectivity index (χ2v) is 6.19. The number of fused-ring (bicyclic) bond motifs is 1. The highest BCUT2D eigenvalue weighted by Gasteiger charge is 2.35. The van der Waals surface area contributed by atoms with E-state index in [1.807, 2.05) is 12.1 Å². The minimum absolute atomic E-state index is 0.323. The van der Waals surface area contributed by atoms with Gasteiger partial charge in [-0.05, 0) is 54.5 Å². The minimum atomic E-state index is -0.525. The molecule has 1 nitrogen and oxygen atoms in total. The van der Waals surface area contributed by atoms with Crippen LogP contribution in [0.25, 0.3) is 0 Å². The zero-order chi connectivity index (χ0) is 14.9. The Morgan fingerprint density at radius 1 is 1.19 bits per heavy atom. The standard InChI is InChI=1S/C18H15ClFN/c19-16-6-5-15(17(20)9-16)11-18(12-21)8-7-13-3-1-2-4-14(13)10-18/h1-6,9H,7-8,10-11H2. The zero-order valence-electron chi connectivity index (χ0n) is 11.6. The Morgan fingerprint density at radius 2 is 1.95 bits per heavy atom. The first kappa shape index (κ1) is 14.1. The normalized spacial score (nSPS) is 20.6. The number of rotatable bonds is 2. The summed E-state index contributed by atoms with van der Waals surface area (Å²) in [6, 6.07) is 15.3. The third kappa shape index (κ3) is 2.80. The van der Waals surface area contributed by atoms with Crippen LogP contribution in [0.2, 0.25) is 5.02 Å². The van der Waals surface area contributed by atoms with Gasteiger partial charge in [-0.1, -0.05) is 41.9 Å². The van der Waals surface area contributed by atoms with Crippen molar-refractivity contribution in [1.29, 1.82) is 5.26 Å². The smallest absolute Gasteiger partial charge is 0.127 e. The third-order valence-corrected chi connectivity index (χ3v) is 4.54. The molecule has 0 heterocycles. The summed E-state index contributed by atoms with van der Waals surface area (Å²) >= 11 is 5.79. The monoisotopic (exact) mass is 299 g/mol. The molecule has 3 rings (SSSR count). The Morgan fingerprint density at radius 3 is 2.67 bits per heavy atom. The zero-order valence-corrected chi connectivity index (χ0v) is 12.3. The summed E-state index contributed by atoms with van der Waals surface area (Å²) in [6.45, 7) is 0. The number of hydrogen-bond acceptors (Lipinski definition) is 1. The number of hydrogen-bond donors (Lipinski definition) is 0. The van der Waals surface area contributed by atoms with Gasteiger partial charge in [0, 0.05) is 5.02 Å². The van der Waals surface area contributed by atoms with Crippen LogP contribution in [-0.4, -0.2) is 0 Å². The molecule has 3 heteroatoms. The number of benzene rings is 2. The molecule has 0 aliphatic heterocycles. The van der Waals surface area contributed by atoms with Crippen LogP contribution in [0.1, 0.15) is 23.1 Å². The molecule has 2 aromatic rings. The summed E-state index contributed by atoms with van der Waals surface area (Å²) in [7, 11) is 0. The van der Waals surface area contributed by atoms with Crippen molar-refractivity contribution in [1.82, 2.24) is 0 Å². The molecule has 1 unspecified atom stereocenters. The van der Waals surface area contributed by atoms with Crippen LogP contribution < -0.4 is 0 Å². The van der Waals surface area contributed by atoms with Crippen molar-refractivity contribution in [2.24, 2.45) is 5.41 Å². The van der Waals surface area contributed by atoms with E-state index < -0.39 is 5.41 Å². The lowest BCUT2D eigenvalue weighted by atomic mass is 9.69. The molecular formula is C18H15ClFN. The molecule has 0 saturated heterocycles. The average molecular weight is 300 g/mol. The molecule has 0 spiro atoms. The van der Waals surface area contributed by atoms with Gasteiger partial charge in [-0.25, -0.2) is 4.39 Å². The van der Waals surface area contributed by atoms with Crippen LogP contribution in [0, 0.1) is 22.6 Å². The van der Waals surface area contributed by atoms with Crippen LogP contribution in [0.4, 0.5) is 4.39 Å². The predicted octanol–water partition coefficient (Wildman–Crippen LogP) is 4.72. The highest BCUT2D eigenvalue weighted by atomic mass is 35.5. The quantitative estimate of drug-likeness (QED) is 0.787. The Balaban J connectivity index is 1.91. The minimum Gasteiger partial charge on any atom is -0.207 e. The van der Waals surface area contributed by atoms with Crippen LogP contribution in [0.15, 0.2) is 42.5 Å². The van der Waals surface area contributed by atoms with E-state index >= 15 is 0 Å². The number of aryl methyl sites for hydroxylation is 1. The Bertz CT molecular complexity index is 719. The SMILES string of the molecule is N#CC1(Cc2ccc(Cl)cc2F)CCc2ccccc2C1. The van der Waals surface area contributed by atoms with Gasteiger partial charge in [-0.2, -0.15) is 5.26 Å². The predicted molar refractivity (Wildman–Crippen MR) is 81.6 cm³/mol. The lowest BCUT2D eigenvalue weighted by Crippen LogP contribution is -2.30. The van der Waals surface area contributed by atoms with Gasteiger partial charge in [0.05, 0.1) is 11.5 Å². The molecule has 2 aromatic carbocycles. The Hall–Kier alpha value is -1.85. The largest absolute Gasteiger partial charge is 0.207 e. The molecule has 1 aliphatic carbocycles. The second kappa shape index (κ2) is 5.50. The lowest BCUT2D eigenvalue weighted by molar-refractivity contribution is 0.335. The summed E-state index contributed by atoms with van der Waals surface area (Å²) < 4.78 is 14.0. The van der Waals surface area contributed by atoms with Gasteiger partial charge in [-0.15, -0.1) is 0 Å². The number of nitrogens with zero attached hydrogens (tertiary/aromatic N) is 1. The molecule has 21 heavy (non-hydrogen) atoms. The first-order chi connectivity index (χ1) is 10.1. The molecule has 1 aliphatic rings. The fourth-order valence-corrected chi connectivity index (χ4v) is 3.27. The van der Waals surface area contributed by atoms with Gasteiger partial charge < -0.3 is 0 Å². The van der Waals surface area contributed by atoms with Crippen molar-refractivity contribution in [2.75, 3.05) is 0 Å². The molecule has 0 radical (unpaired) electrons. The first-order valence-electron chi connectivity index (χ1n) is 7.04. The highest BCUT2D eigenvalue weighted by molar-refractivity contribution is 6.30. The van der Waals surface area contributed by atoms with Gasteiger partial charge in [0.2, 0.25) is 0 Å². The third-order valence-electron chi connectivity index (χ3n) is 4.30. The van der Waals surface area contributed by atoms with E-state index in [1.54, 1.807) is 12.1 Å². The van der Waals surface area contributed by atoms with Crippen molar-refractivity contribution in [2.45, 2.75) is 25.7 Å². The van der Waals surface area contributed by atoms with E-state index in [9.17, 15) is 9.65 Å². The van der Waals surface area contributed by atoms with Gasteiger partial charge in [-0.3, -0.25) is 0 Å². The first-order valence-corrected chi connectivity index (χ1v) is 7.42. The van der Waals surface area contributed by atoms with Crippen molar-refractivity contribution in [3.05, 3.63) is 70.0 Å². The van der Waals surface area contributed by atoms with Gasteiger partial charge in [0.15, 0.2) is 0 Å². The van der Waals surface area contributed by atoms with Crippen LogP contribution in [0.5, 0.6) is 0 Å². The maximum Gasteiger partial charge on any atom is 0.127 e. The van der Waals surface area contributed by atoms with E-state index in [4.69, 9.17) is 11.6 Å². The molecular weight excluding hydrogens is 285 g/mol. The molecule has 1 atom stereocenters. The fraction of sp³-hybridized carbons (Fsp3) is 0.278. The van der Waals surface area contributed by atoms with Crippen molar-refractivity contribution < 1.29 is 4.39 Å². The van der Waals surface area contributed by atoms with Gasteiger partial charge in [0.1, 0.15) is 5.82 Å². The molecule has 0 fully saturated rings. The topological polar surface area (TPSA) is 23.8 Å². The molecule has 0 bridgehead atoms. The van der Waals surface area contributed by atoms with E-state index in [1.165, 1.54) is 17.2 Å². The number of halogens is 2. The van der Waals surface area contributed by atoms with Crippen LogP contribution in [-0.2, 0) is 19.3 Å². The van der Waals surface area contributed by atoms with Crippen molar-refractivity contribution in [3.8, 4) is 6.07 Å². The maximum absolute atomic E-state index is 14.0. The van der Waals surface area contributed by atoms with Gasteiger partial charge >= 0.3 is 0 Å². The molecule has 0 aromatic heterocycles. The Labute approximate surface area is 129 Å². The van der Waals surface area contributed by atoms with E-state index in [0.29, 0.717) is 23.4 Å². The summed E-state index contributed by atoms with van der Waals surface area (Å²) in [4.78, 5) is 0. The number of nitriles is 1. The highest BCUT2D eigenvalue weighted by Crippen LogP contribution is 2.38. The second-order valence-electron chi connectivity index (χ2n) is 5.75. The summed E-state index contributed by atoms with van der Waals surface area (Å²) in [5.41, 5.74) is 2.56. The van der Waals surface area contributed by atoms with Crippen molar-refractivity contribution >= 4 is 11.6 Å². The van der Waals surface area contributed by atoms with Crippen LogP contribution in [0.3, 0.4) is 0 Å². The lowest BCUT2D eigenvalue weighted by Gasteiger charge is -2.32. The molecule has 0 N–H and O–H groups in total. The fourth-order valence-electron chi connectivity index (χ4n) is 3.12.